The topological polar surface area (TPSA) is 113 Å². The van der Waals surface area contributed by atoms with Gasteiger partial charge in [0, 0.05) is 17.7 Å². The molecule has 3 aromatic carbocycles. The maximum Gasteiger partial charge on any atom is 0.340 e. The van der Waals surface area contributed by atoms with E-state index >= 15 is 0 Å². The maximum absolute atomic E-state index is 14.7. The first-order chi connectivity index (χ1) is 14.3. The lowest BCUT2D eigenvalue weighted by atomic mass is 9.75. The Kier molecular flexibility index (Phi) is 3.40. The highest BCUT2D eigenvalue weighted by Crippen LogP contribution is 2.58. The lowest BCUT2D eigenvalue weighted by molar-refractivity contribution is 0.0212. The Morgan fingerprint density at radius 1 is 0.967 bits per heavy atom. The lowest BCUT2D eigenvalue weighted by Crippen LogP contribution is -2.35. The number of carbonyl (C=O) groups is 2. The number of aromatic carboxylic acids is 1. The van der Waals surface area contributed by atoms with E-state index < -0.39 is 51.8 Å². The van der Waals surface area contributed by atoms with Crippen molar-refractivity contribution in [3.63, 3.8) is 0 Å². The van der Waals surface area contributed by atoms with Crippen LogP contribution in [0.3, 0.4) is 0 Å². The van der Waals surface area contributed by atoms with Gasteiger partial charge in [0.25, 0.3) is 0 Å². The van der Waals surface area contributed by atoms with Gasteiger partial charge in [-0.15, -0.1) is 0 Å². The van der Waals surface area contributed by atoms with Crippen LogP contribution in [0.4, 0.5) is 8.78 Å². The van der Waals surface area contributed by atoms with E-state index in [2.05, 4.69) is 0 Å². The monoisotopic (exact) mass is 412 g/mol. The van der Waals surface area contributed by atoms with Crippen molar-refractivity contribution >= 4 is 11.9 Å². The fourth-order valence-corrected chi connectivity index (χ4v) is 4.01. The van der Waals surface area contributed by atoms with E-state index in [0.29, 0.717) is 0 Å². The van der Waals surface area contributed by atoms with Gasteiger partial charge in [-0.25, -0.2) is 18.4 Å². The minimum Gasteiger partial charge on any atom is -0.505 e. The van der Waals surface area contributed by atoms with Crippen LogP contribution >= 0.6 is 0 Å². The molecule has 0 aromatic heterocycles. The summed E-state index contributed by atoms with van der Waals surface area (Å²) >= 11 is 0. The molecule has 2 aliphatic rings. The summed E-state index contributed by atoms with van der Waals surface area (Å²) in [5.41, 5.74) is -3.42. The minimum absolute atomic E-state index is 0.0644. The number of aromatic hydroxyl groups is 2. The van der Waals surface area contributed by atoms with Crippen molar-refractivity contribution in [3.8, 4) is 23.0 Å². The molecule has 3 aromatic rings. The van der Waals surface area contributed by atoms with E-state index in [1.807, 2.05) is 0 Å². The smallest absolute Gasteiger partial charge is 0.340 e. The number of phenols is 2. The molecule has 150 valence electrons. The van der Waals surface area contributed by atoms with Crippen LogP contribution in [0.25, 0.3) is 0 Å². The zero-order valence-electron chi connectivity index (χ0n) is 14.8. The van der Waals surface area contributed by atoms with Gasteiger partial charge >= 0.3 is 11.9 Å². The van der Waals surface area contributed by atoms with Gasteiger partial charge in [0.2, 0.25) is 0 Å². The van der Waals surface area contributed by atoms with Crippen molar-refractivity contribution in [1.29, 1.82) is 0 Å². The third-order valence-electron chi connectivity index (χ3n) is 5.19. The molecule has 0 saturated heterocycles. The number of fused-ring (bicyclic) bond motifs is 6. The number of benzene rings is 3. The molecule has 0 saturated carbocycles. The second-order valence-electron chi connectivity index (χ2n) is 6.78. The number of phenolic OH excluding ortho intramolecular Hbond substituents is 2. The second kappa shape index (κ2) is 5.69. The van der Waals surface area contributed by atoms with Gasteiger partial charge < -0.3 is 24.8 Å². The van der Waals surface area contributed by atoms with Gasteiger partial charge in [-0.3, -0.25) is 0 Å². The van der Waals surface area contributed by atoms with E-state index in [4.69, 9.17) is 9.47 Å². The van der Waals surface area contributed by atoms with Crippen LogP contribution in [0.5, 0.6) is 23.0 Å². The summed E-state index contributed by atoms with van der Waals surface area (Å²) in [6.07, 6.45) is 0. The molecule has 0 bridgehead atoms. The average Bonchev–Trinajstić information content (AvgIpc) is 2.99. The summed E-state index contributed by atoms with van der Waals surface area (Å²) in [6, 6.07) is 8.56. The summed E-state index contributed by atoms with van der Waals surface area (Å²) in [7, 11) is 0. The Hall–Kier alpha value is -4.14. The standard InChI is InChI=1S/C21H10F2O7/c22-11-5-10-14(6-12(11)24)29-15-7-13(25)18(23)16(19(26)27)17(15)21(10)9-4-2-1-3-8(9)20(28)30-21/h1-7,24-25H,(H,26,27). The third kappa shape index (κ3) is 2.06. The molecule has 0 fully saturated rings. The number of carboxylic acid groups (broad SMARTS) is 1. The van der Waals surface area contributed by atoms with Crippen molar-refractivity contribution in [2.45, 2.75) is 5.60 Å². The number of ether oxygens (including phenoxy) is 2. The van der Waals surface area contributed by atoms with E-state index in [-0.39, 0.29) is 28.2 Å². The molecule has 5 rings (SSSR count). The normalized spacial score (nSPS) is 18.3. The van der Waals surface area contributed by atoms with Crippen molar-refractivity contribution < 1.29 is 43.2 Å². The Morgan fingerprint density at radius 3 is 2.40 bits per heavy atom. The van der Waals surface area contributed by atoms with Gasteiger partial charge in [0.15, 0.2) is 28.7 Å². The molecule has 2 heterocycles. The Labute approximate surface area is 166 Å². The van der Waals surface area contributed by atoms with Gasteiger partial charge in [-0.1, -0.05) is 18.2 Å². The first-order valence-electron chi connectivity index (χ1n) is 8.58. The summed E-state index contributed by atoms with van der Waals surface area (Å²) < 4.78 is 40.2. The third-order valence-corrected chi connectivity index (χ3v) is 5.19. The fraction of sp³-hybridized carbons (Fsp3) is 0.0476. The number of hydrogen-bond donors (Lipinski definition) is 3. The number of hydrogen-bond acceptors (Lipinski definition) is 6. The van der Waals surface area contributed by atoms with Crippen LogP contribution in [0, 0.1) is 11.6 Å². The Morgan fingerprint density at radius 2 is 1.67 bits per heavy atom. The van der Waals surface area contributed by atoms with Gasteiger partial charge in [0.05, 0.1) is 16.7 Å². The van der Waals surface area contributed by atoms with Crippen LogP contribution in [0.2, 0.25) is 0 Å². The van der Waals surface area contributed by atoms with Crippen molar-refractivity contribution in [1.82, 2.24) is 0 Å². The maximum atomic E-state index is 14.7. The molecule has 7 nitrogen and oxygen atoms in total. The number of carboxylic acids is 1. The van der Waals surface area contributed by atoms with Crippen LogP contribution in [0.1, 0.15) is 37.4 Å². The highest BCUT2D eigenvalue weighted by Gasteiger charge is 2.56. The first-order valence-corrected chi connectivity index (χ1v) is 8.58. The molecule has 0 amide bonds. The average molecular weight is 412 g/mol. The fourth-order valence-electron chi connectivity index (χ4n) is 4.01. The molecule has 1 unspecified atom stereocenters. The van der Waals surface area contributed by atoms with Crippen LogP contribution in [-0.2, 0) is 10.3 Å². The zero-order valence-corrected chi connectivity index (χ0v) is 14.8. The molecule has 2 aliphatic heterocycles. The summed E-state index contributed by atoms with van der Waals surface area (Å²) in [6.45, 7) is 0. The zero-order chi connectivity index (χ0) is 21.4. The van der Waals surface area contributed by atoms with Crippen LogP contribution in [-0.4, -0.2) is 27.3 Å². The van der Waals surface area contributed by atoms with Gasteiger partial charge in [-0.05, 0) is 12.1 Å². The number of rotatable bonds is 1. The molecular formula is C21H10F2O7. The summed E-state index contributed by atoms with van der Waals surface area (Å²) in [5.74, 6) is -7.41. The van der Waals surface area contributed by atoms with E-state index in [1.165, 1.54) is 12.1 Å². The molecule has 3 N–H and O–H groups in total. The quantitative estimate of drug-likeness (QED) is 0.523. The van der Waals surface area contributed by atoms with E-state index in [1.54, 1.807) is 12.1 Å². The van der Waals surface area contributed by atoms with Crippen molar-refractivity contribution in [2.24, 2.45) is 0 Å². The van der Waals surface area contributed by atoms with Gasteiger partial charge in [-0.2, -0.15) is 0 Å². The number of esters is 1. The van der Waals surface area contributed by atoms with Crippen LogP contribution in [0.15, 0.2) is 42.5 Å². The second-order valence-corrected chi connectivity index (χ2v) is 6.78. The Bertz CT molecular complexity index is 1300. The van der Waals surface area contributed by atoms with Crippen molar-refractivity contribution in [2.75, 3.05) is 0 Å². The summed E-state index contributed by atoms with van der Waals surface area (Å²) in [4.78, 5) is 24.6. The van der Waals surface area contributed by atoms with Crippen molar-refractivity contribution in [3.05, 3.63) is 81.9 Å². The van der Waals surface area contributed by atoms with E-state index in [0.717, 1.165) is 18.2 Å². The molecule has 1 atom stereocenters. The minimum atomic E-state index is -2.08. The largest absolute Gasteiger partial charge is 0.505 e. The highest BCUT2D eigenvalue weighted by molar-refractivity contribution is 5.99. The van der Waals surface area contributed by atoms with Crippen LogP contribution < -0.4 is 4.74 Å². The first kappa shape index (κ1) is 17.9. The molecular weight excluding hydrogens is 402 g/mol. The molecule has 1 spiro atoms. The number of halogens is 2. The Balaban J connectivity index is 2.00. The molecule has 30 heavy (non-hydrogen) atoms. The molecule has 0 aliphatic carbocycles. The number of carbonyl (C=O) groups excluding carboxylic acids is 1. The molecule has 9 heteroatoms. The predicted molar refractivity (Wildman–Crippen MR) is 94.9 cm³/mol. The molecule has 0 radical (unpaired) electrons. The van der Waals surface area contributed by atoms with E-state index in [9.17, 15) is 33.7 Å². The van der Waals surface area contributed by atoms with Gasteiger partial charge in [0.1, 0.15) is 17.1 Å². The summed E-state index contributed by atoms with van der Waals surface area (Å²) in [5, 5.41) is 29.4. The lowest BCUT2D eigenvalue weighted by Gasteiger charge is -2.37. The SMILES string of the molecule is O=C1OC2(c3cc(F)c(O)cc3Oc3cc(O)c(F)c(C(=O)O)c32)c2ccccc21. The predicted octanol–water partition coefficient (Wildman–Crippen LogP) is 3.64. The highest BCUT2D eigenvalue weighted by atomic mass is 19.1.